The molecule has 2 N–H and O–H groups in total. The van der Waals surface area contributed by atoms with Crippen LogP contribution in [-0.2, 0) is 4.79 Å². The first-order valence-electron chi connectivity index (χ1n) is 4.48. The van der Waals surface area contributed by atoms with E-state index in [1.165, 1.54) is 19.3 Å². The van der Waals surface area contributed by atoms with Crippen molar-refractivity contribution in [3.05, 3.63) is 0 Å². The molecule has 2 heteroatoms. The third-order valence-corrected chi connectivity index (χ3v) is 2.63. The maximum atomic E-state index is 10.9. The lowest BCUT2D eigenvalue weighted by molar-refractivity contribution is -0.119. The Labute approximate surface area is 68.2 Å². The second kappa shape index (κ2) is 3.86. The van der Waals surface area contributed by atoms with Gasteiger partial charge in [-0.3, -0.25) is 4.79 Å². The Morgan fingerprint density at radius 2 is 1.91 bits per heavy atom. The van der Waals surface area contributed by atoms with Crippen LogP contribution in [0.1, 0.15) is 39.0 Å². The van der Waals surface area contributed by atoms with E-state index >= 15 is 0 Å². The van der Waals surface area contributed by atoms with E-state index in [-0.39, 0.29) is 11.8 Å². The van der Waals surface area contributed by atoms with Crippen molar-refractivity contribution < 1.29 is 4.79 Å². The largest absolute Gasteiger partial charge is 0.321 e. The predicted molar refractivity (Wildman–Crippen MR) is 45.2 cm³/mol. The van der Waals surface area contributed by atoms with Crippen molar-refractivity contribution in [1.29, 1.82) is 0 Å². The third kappa shape index (κ3) is 2.29. The highest BCUT2D eigenvalue weighted by Crippen LogP contribution is 2.25. The smallest absolute Gasteiger partial charge is 0.146 e. The fraction of sp³-hybridized carbons (Fsp3) is 0.889. The zero-order chi connectivity index (χ0) is 8.27. The monoisotopic (exact) mass is 155 g/mol. The fourth-order valence-electron chi connectivity index (χ4n) is 1.83. The van der Waals surface area contributed by atoms with Crippen LogP contribution in [0.5, 0.6) is 0 Å². The van der Waals surface area contributed by atoms with E-state index in [1.54, 1.807) is 6.92 Å². The van der Waals surface area contributed by atoms with Gasteiger partial charge in [-0.2, -0.15) is 0 Å². The predicted octanol–water partition coefficient (Wildman–Crippen LogP) is 1.48. The zero-order valence-electron chi connectivity index (χ0n) is 7.18. The first-order chi connectivity index (χ1) is 5.22. The number of carbonyl (C=O) groups excluding carboxylic acids is 1. The van der Waals surface area contributed by atoms with Gasteiger partial charge in [-0.1, -0.05) is 19.3 Å². The molecule has 2 nitrogen and oxygen atoms in total. The van der Waals surface area contributed by atoms with Gasteiger partial charge in [0.05, 0.1) is 6.04 Å². The number of ketones is 1. The molecule has 0 amide bonds. The zero-order valence-corrected chi connectivity index (χ0v) is 7.18. The van der Waals surface area contributed by atoms with E-state index in [0.717, 1.165) is 12.8 Å². The van der Waals surface area contributed by atoms with E-state index in [1.807, 2.05) is 0 Å². The average molecular weight is 155 g/mol. The fourth-order valence-corrected chi connectivity index (χ4v) is 1.83. The molecule has 0 heterocycles. The Morgan fingerprint density at radius 1 is 1.36 bits per heavy atom. The molecule has 1 fully saturated rings. The van der Waals surface area contributed by atoms with E-state index in [2.05, 4.69) is 0 Å². The van der Waals surface area contributed by atoms with Crippen molar-refractivity contribution in [2.45, 2.75) is 45.1 Å². The van der Waals surface area contributed by atoms with Crippen LogP contribution in [0.25, 0.3) is 0 Å². The van der Waals surface area contributed by atoms with Gasteiger partial charge in [0.15, 0.2) is 0 Å². The molecule has 0 bridgehead atoms. The highest BCUT2D eigenvalue weighted by Gasteiger charge is 2.22. The van der Waals surface area contributed by atoms with Gasteiger partial charge >= 0.3 is 0 Å². The summed E-state index contributed by atoms with van der Waals surface area (Å²) < 4.78 is 0. The number of hydrogen-bond donors (Lipinski definition) is 1. The van der Waals surface area contributed by atoms with Gasteiger partial charge in [-0.25, -0.2) is 0 Å². The summed E-state index contributed by atoms with van der Waals surface area (Å²) in [4.78, 5) is 10.9. The molecule has 11 heavy (non-hydrogen) atoms. The van der Waals surface area contributed by atoms with Crippen LogP contribution >= 0.6 is 0 Å². The lowest BCUT2D eigenvalue weighted by atomic mass is 9.83. The lowest BCUT2D eigenvalue weighted by Gasteiger charge is -2.25. The molecule has 0 saturated heterocycles. The van der Waals surface area contributed by atoms with Crippen molar-refractivity contribution in [1.82, 2.24) is 0 Å². The van der Waals surface area contributed by atoms with Gasteiger partial charge in [0, 0.05) is 0 Å². The number of hydrogen-bond acceptors (Lipinski definition) is 2. The third-order valence-electron chi connectivity index (χ3n) is 2.63. The Morgan fingerprint density at radius 3 is 2.36 bits per heavy atom. The first kappa shape index (κ1) is 8.72. The van der Waals surface area contributed by atoms with Crippen molar-refractivity contribution in [2.24, 2.45) is 11.7 Å². The van der Waals surface area contributed by atoms with E-state index in [9.17, 15) is 4.79 Å². The molecule has 0 aliphatic heterocycles. The van der Waals surface area contributed by atoms with Crippen molar-refractivity contribution in [3.63, 3.8) is 0 Å². The standard InChI is InChI=1S/C9H17NO/c1-7(11)9(10)8-5-3-2-4-6-8/h8-9H,2-6,10H2,1H3. The molecule has 0 spiro atoms. The number of carbonyl (C=O) groups is 1. The summed E-state index contributed by atoms with van der Waals surface area (Å²) in [5.41, 5.74) is 5.74. The minimum atomic E-state index is -0.185. The van der Waals surface area contributed by atoms with Crippen LogP contribution in [0.3, 0.4) is 0 Å². The summed E-state index contributed by atoms with van der Waals surface area (Å²) in [6, 6.07) is -0.185. The Bertz CT molecular complexity index is 138. The molecule has 1 atom stereocenters. The highest BCUT2D eigenvalue weighted by atomic mass is 16.1. The highest BCUT2D eigenvalue weighted by molar-refractivity contribution is 5.81. The van der Waals surface area contributed by atoms with E-state index < -0.39 is 0 Å². The van der Waals surface area contributed by atoms with Gasteiger partial charge in [-0.05, 0) is 25.7 Å². The van der Waals surface area contributed by atoms with Gasteiger partial charge in [0.25, 0.3) is 0 Å². The Balaban J connectivity index is 2.38. The van der Waals surface area contributed by atoms with Gasteiger partial charge in [0.2, 0.25) is 0 Å². The molecule has 0 aromatic rings. The van der Waals surface area contributed by atoms with Gasteiger partial charge in [-0.15, -0.1) is 0 Å². The lowest BCUT2D eigenvalue weighted by Crippen LogP contribution is -2.37. The maximum absolute atomic E-state index is 10.9. The quantitative estimate of drug-likeness (QED) is 0.656. The molecule has 1 unspecified atom stereocenters. The molecule has 64 valence electrons. The summed E-state index contributed by atoms with van der Waals surface area (Å²) in [5.74, 6) is 0.623. The minimum Gasteiger partial charge on any atom is -0.321 e. The second-order valence-corrected chi connectivity index (χ2v) is 3.53. The molecular weight excluding hydrogens is 138 g/mol. The average Bonchev–Trinajstić information content (AvgIpc) is 2.05. The summed E-state index contributed by atoms with van der Waals surface area (Å²) in [6.07, 6.45) is 6.14. The minimum absolute atomic E-state index is 0.150. The van der Waals surface area contributed by atoms with Crippen molar-refractivity contribution in [2.75, 3.05) is 0 Å². The summed E-state index contributed by atoms with van der Waals surface area (Å²) >= 11 is 0. The topological polar surface area (TPSA) is 43.1 Å². The van der Waals surface area contributed by atoms with Crippen LogP contribution in [0.15, 0.2) is 0 Å². The molecule has 1 aliphatic carbocycles. The molecule has 0 aromatic carbocycles. The van der Waals surface area contributed by atoms with Crippen LogP contribution in [0.4, 0.5) is 0 Å². The molecule has 1 aliphatic rings. The van der Waals surface area contributed by atoms with Crippen LogP contribution in [0.2, 0.25) is 0 Å². The molecule has 0 aromatic heterocycles. The summed E-state index contributed by atoms with van der Waals surface area (Å²) in [6.45, 7) is 1.60. The Kier molecular flexibility index (Phi) is 3.06. The molecule has 0 radical (unpaired) electrons. The SMILES string of the molecule is CC(=O)C(N)C1CCCCC1. The van der Waals surface area contributed by atoms with Crippen LogP contribution < -0.4 is 5.73 Å². The molecular formula is C9H17NO. The first-order valence-corrected chi connectivity index (χ1v) is 4.48. The summed E-state index contributed by atoms with van der Waals surface area (Å²) in [7, 11) is 0. The number of nitrogens with two attached hydrogens (primary N) is 1. The number of rotatable bonds is 2. The summed E-state index contributed by atoms with van der Waals surface area (Å²) in [5, 5.41) is 0. The van der Waals surface area contributed by atoms with Crippen LogP contribution in [-0.4, -0.2) is 11.8 Å². The van der Waals surface area contributed by atoms with Crippen molar-refractivity contribution in [3.8, 4) is 0 Å². The van der Waals surface area contributed by atoms with E-state index in [4.69, 9.17) is 5.73 Å². The normalized spacial score (nSPS) is 23.1. The maximum Gasteiger partial charge on any atom is 0.146 e. The van der Waals surface area contributed by atoms with Gasteiger partial charge < -0.3 is 5.73 Å². The second-order valence-electron chi connectivity index (χ2n) is 3.53. The molecule has 1 saturated carbocycles. The van der Waals surface area contributed by atoms with Crippen LogP contribution in [0, 0.1) is 5.92 Å². The van der Waals surface area contributed by atoms with Crippen molar-refractivity contribution >= 4 is 5.78 Å². The number of Topliss-reactive ketones (excluding diaryl/α,β-unsaturated/α-hetero) is 1. The van der Waals surface area contributed by atoms with Gasteiger partial charge in [0.1, 0.15) is 5.78 Å². The van der Waals surface area contributed by atoms with E-state index in [0.29, 0.717) is 5.92 Å². The Hall–Kier alpha value is -0.370. The molecule has 1 rings (SSSR count).